The van der Waals surface area contributed by atoms with Crippen molar-refractivity contribution in [3.63, 3.8) is 0 Å². The van der Waals surface area contributed by atoms with Gasteiger partial charge in [-0.05, 0) is 30.5 Å². The van der Waals surface area contributed by atoms with Crippen LogP contribution in [0.4, 0.5) is 13.2 Å². The lowest BCUT2D eigenvalue weighted by atomic mass is 9.92. The van der Waals surface area contributed by atoms with Gasteiger partial charge in [-0.3, -0.25) is 4.98 Å². The van der Waals surface area contributed by atoms with Gasteiger partial charge in [0, 0.05) is 11.8 Å². The first-order valence-electron chi connectivity index (χ1n) is 7.11. The number of pyridine rings is 1. The van der Waals surface area contributed by atoms with Crippen molar-refractivity contribution < 1.29 is 18.3 Å². The summed E-state index contributed by atoms with van der Waals surface area (Å²) >= 11 is 0. The molecule has 1 aromatic heterocycles. The third-order valence-corrected chi connectivity index (χ3v) is 3.72. The zero-order chi connectivity index (χ0) is 16.4. The van der Waals surface area contributed by atoms with Gasteiger partial charge >= 0.3 is 6.18 Å². The number of benzene rings is 1. The number of aromatic nitrogens is 1. The van der Waals surface area contributed by atoms with E-state index in [0.717, 1.165) is 16.7 Å². The van der Waals surface area contributed by atoms with Crippen LogP contribution in [-0.2, 0) is 5.60 Å². The quantitative estimate of drug-likeness (QED) is 0.895. The molecule has 5 heteroatoms. The topological polar surface area (TPSA) is 33.1 Å². The Morgan fingerprint density at radius 1 is 1.09 bits per heavy atom. The van der Waals surface area contributed by atoms with Crippen LogP contribution in [0.2, 0.25) is 0 Å². The first-order chi connectivity index (χ1) is 10.3. The fourth-order valence-corrected chi connectivity index (χ4v) is 2.47. The van der Waals surface area contributed by atoms with Crippen LogP contribution in [0, 0.1) is 6.92 Å². The molecule has 1 heterocycles. The minimum atomic E-state index is -4.75. The SMILES string of the molecule is CCCC(O)(c1ccc(-c2ccccc2C)cn1)C(F)(F)F. The van der Waals surface area contributed by atoms with Crippen molar-refractivity contribution in [3.8, 4) is 11.1 Å². The molecule has 118 valence electrons. The molecule has 0 aliphatic heterocycles. The fraction of sp³-hybridized carbons (Fsp3) is 0.353. The molecule has 0 aliphatic rings. The number of nitrogens with zero attached hydrogens (tertiary/aromatic N) is 1. The van der Waals surface area contributed by atoms with E-state index in [2.05, 4.69) is 4.98 Å². The lowest BCUT2D eigenvalue weighted by Crippen LogP contribution is -2.42. The standard InChI is InChI=1S/C17H18F3NO/c1-3-10-16(22,17(18,19)20)15-9-8-13(11-21-15)14-7-5-4-6-12(14)2/h4-9,11,22H,3,10H2,1-2H3. The molecule has 0 saturated heterocycles. The summed E-state index contributed by atoms with van der Waals surface area (Å²) in [6.07, 6.45) is -3.57. The van der Waals surface area contributed by atoms with Crippen LogP contribution in [-0.4, -0.2) is 16.3 Å². The van der Waals surface area contributed by atoms with Gasteiger partial charge in [0.15, 0.2) is 0 Å². The summed E-state index contributed by atoms with van der Waals surface area (Å²) < 4.78 is 39.5. The average molecular weight is 309 g/mol. The molecule has 1 unspecified atom stereocenters. The second-order valence-electron chi connectivity index (χ2n) is 5.36. The maximum Gasteiger partial charge on any atom is 0.422 e. The van der Waals surface area contributed by atoms with Crippen LogP contribution in [0.5, 0.6) is 0 Å². The van der Waals surface area contributed by atoms with Gasteiger partial charge in [-0.15, -0.1) is 0 Å². The van der Waals surface area contributed by atoms with E-state index in [1.807, 2.05) is 31.2 Å². The molecule has 0 aliphatic carbocycles. The molecule has 2 nitrogen and oxygen atoms in total. The first-order valence-corrected chi connectivity index (χ1v) is 7.11. The smallest absolute Gasteiger partial charge is 0.375 e. The van der Waals surface area contributed by atoms with Crippen molar-refractivity contribution >= 4 is 0 Å². The normalized spacial score (nSPS) is 14.6. The highest BCUT2D eigenvalue weighted by atomic mass is 19.4. The highest BCUT2D eigenvalue weighted by molar-refractivity contribution is 5.66. The van der Waals surface area contributed by atoms with Crippen molar-refractivity contribution in [2.24, 2.45) is 0 Å². The summed E-state index contributed by atoms with van der Waals surface area (Å²) in [5, 5.41) is 10.0. The van der Waals surface area contributed by atoms with Crippen LogP contribution in [0.1, 0.15) is 31.0 Å². The van der Waals surface area contributed by atoms with E-state index < -0.39 is 18.2 Å². The first kappa shape index (κ1) is 16.5. The Morgan fingerprint density at radius 2 is 1.77 bits per heavy atom. The van der Waals surface area contributed by atoms with E-state index >= 15 is 0 Å². The van der Waals surface area contributed by atoms with Crippen LogP contribution < -0.4 is 0 Å². The molecule has 2 aromatic rings. The van der Waals surface area contributed by atoms with E-state index in [-0.39, 0.29) is 12.1 Å². The Morgan fingerprint density at radius 3 is 2.27 bits per heavy atom. The molecular weight excluding hydrogens is 291 g/mol. The van der Waals surface area contributed by atoms with Gasteiger partial charge in [0.1, 0.15) is 0 Å². The second-order valence-corrected chi connectivity index (χ2v) is 5.36. The van der Waals surface area contributed by atoms with E-state index in [1.54, 1.807) is 13.0 Å². The summed E-state index contributed by atoms with van der Waals surface area (Å²) in [7, 11) is 0. The zero-order valence-corrected chi connectivity index (χ0v) is 12.5. The van der Waals surface area contributed by atoms with Gasteiger partial charge < -0.3 is 5.11 Å². The fourth-order valence-electron chi connectivity index (χ4n) is 2.47. The van der Waals surface area contributed by atoms with Gasteiger partial charge in [-0.25, -0.2) is 0 Å². The molecule has 2 rings (SSSR count). The Hall–Kier alpha value is -1.88. The predicted molar refractivity (Wildman–Crippen MR) is 79.3 cm³/mol. The molecule has 0 spiro atoms. The minimum absolute atomic E-state index is 0.206. The molecule has 1 N–H and O–H groups in total. The minimum Gasteiger partial charge on any atom is -0.375 e. The summed E-state index contributed by atoms with van der Waals surface area (Å²) in [6.45, 7) is 3.52. The van der Waals surface area contributed by atoms with Crippen LogP contribution in [0.15, 0.2) is 42.6 Å². The van der Waals surface area contributed by atoms with Gasteiger partial charge in [-0.1, -0.05) is 43.7 Å². The number of aryl methyl sites for hydroxylation is 1. The van der Waals surface area contributed by atoms with Gasteiger partial charge in [0.25, 0.3) is 0 Å². The lowest BCUT2D eigenvalue weighted by Gasteiger charge is -2.29. The third-order valence-electron chi connectivity index (χ3n) is 3.72. The Kier molecular flexibility index (Phi) is 4.56. The molecule has 0 amide bonds. The number of hydrogen-bond donors (Lipinski definition) is 1. The molecule has 22 heavy (non-hydrogen) atoms. The molecule has 0 saturated carbocycles. The number of aliphatic hydroxyl groups is 1. The van der Waals surface area contributed by atoms with E-state index in [9.17, 15) is 18.3 Å². The predicted octanol–water partition coefficient (Wildman–Crippen LogP) is 4.61. The van der Waals surface area contributed by atoms with E-state index in [1.165, 1.54) is 12.3 Å². The number of halogens is 3. The van der Waals surface area contributed by atoms with Crippen molar-refractivity contribution in [2.75, 3.05) is 0 Å². The molecule has 0 radical (unpaired) electrons. The van der Waals surface area contributed by atoms with Crippen LogP contribution in [0.3, 0.4) is 0 Å². The number of hydrogen-bond acceptors (Lipinski definition) is 2. The Balaban J connectivity index is 2.41. The maximum absolute atomic E-state index is 13.2. The second kappa shape index (κ2) is 6.08. The van der Waals surface area contributed by atoms with Gasteiger partial charge in [-0.2, -0.15) is 13.2 Å². The summed E-state index contributed by atoms with van der Waals surface area (Å²) in [6, 6.07) is 10.4. The van der Waals surface area contributed by atoms with Crippen LogP contribution >= 0.6 is 0 Å². The van der Waals surface area contributed by atoms with Crippen molar-refractivity contribution in [1.82, 2.24) is 4.98 Å². The van der Waals surface area contributed by atoms with Gasteiger partial charge in [0.2, 0.25) is 5.60 Å². The maximum atomic E-state index is 13.2. The van der Waals surface area contributed by atoms with Crippen molar-refractivity contribution in [3.05, 3.63) is 53.9 Å². The van der Waals surface area contributed by atoms with Gasteiger partial charge in [0.05, 0.1) is 5.69 Å². The molecule has 1 aromatic carbocycles. The molecule has 0 fully saturated rings. The third kappa shape index (κ3) is 2.99. The highest BCUT2D eigenvalue weighted by Gasteiger charge is 2.55. The van der Waals surface area contributed by atoms with E-state index in [0.29, 0.717) is 0 Å². The summed E-state index contributed by atoms with van der Waals surface area (Å²) in [4.78, 5) is 3.88. The summed E-state index contributed by atoms with van der Waals surface area (Å²) in [5.74, 6) is 0. The largest absolute Gasteiger partial charge is 0.422 e. The number of alkyl halides is 3. The lowest BCUT2D eigenvalue weighted by molar-refractivity contribution is -0.270. The zero-order valence-electron chi connectivity index (χ0n) is 12.5. The molecule has 1 atom stereocenters. The summed E-state index contributed by atoms with van der Waals surface area (Å²) in [5.41, 5.74) is -0.613. The van der Waals surface area contributed by atoms with Crippen molar-refractivity contribution in [2.45, 2.75) is 38.5 Å². The Labute approximate surface area is 127 Å². The molecular formula is C17H18F3NO. The van der Waals surface area contributed by atoms with E-state index in [4.69, 9.17) is 0 Å². The Bertz CT molecular complexity index is 637. The van der Waals surface area contributed by atoms with Crippen molar-refractivity contribution in [1.29, 1.82) is 0 Å². The molecule has 0 bridgehead atoms. The average Bonchev–Trinajstić information content (AvgIpc) is 2.47. The van der Waals surface area contributed by atoms with Crippen LogP contribution in [0.25, 0.3) is 11.1 Å². The number of rotatable bonds is 4. The monoisotopic (exact) mass is 309 g/mol. The highest BCUT2D eigenvalue weighted by Crippen LogP contribution is 2.41.